The van der Waals surface area contributed by atoms with Crippen LogP contribution in [-0.2, 0) is 5.54 Å². The molecule has 1 aliphatic rings. The molecule has 2 unspecified atom stereocenters. The summed E-state index contributed by atoms with van der Waals surface area (Å²) in [5.74, 6) is -1.85. The summed E-state index contributed by atoms with van der Waals surface area (Å²) in [5, 5.41) is 0. The molecule has 1 aromatic rings. The van der Waals surface area contributed by atoms with Crippen LogP contribution in [0.25, 0.3) is 0 Å². The van der Waals surface area contributed by atoms with Crippen molar-refractivity contribution in [2.45, 2.75) is 11.7 Å². The molecule has 0 aromatic heterocycles. The fourth-order valence-electron chi connectivity index (χ4n) is 1.79. The van der Waals surface area contributed by atoms with Gasteiger partial charge in [0, 0.05) is 5.56 Å². The van der Waals surface area contributed by atoms with Gasteiger partial charge >= 0.3 is 0 Å². The van der Waals surface area contributed by atoms with Crippen LogP contribution in [0, 0.1) is 5.82 Å². The number of halogens is 3. The first-order valence-corrected chi connectivity index (χ1v) is 4.99. The highest BCUT2D eigenvalue weighted by molar-refractivity contribution is 5.42. The van der Waals surface area contributed by atoms with Crippen LogP contribution in [0.4, 0.5) is 13.2 Å². The topological polar surface area (TPSA) is 52.0 Å². The van der Waals surface area contributed by atoms with Crippen molar-refractivity contribution < 1.29 is 13.2 Å². The Balaban J connectivity index is 2.53. The van der Waals surface area contributed by atoms with Gasteiger partial charge < -0.3 is 11.5 Å². The van der Waals surface area contributed by atoms with Gasteiger partial charge in [0.05, 0.1) is 5.70 Å². The van der Waals surface area contributed by atoms with Crippen LogP contribution in [0.15, 0.2) is 47.9 Å². The van der Waals surface area contributed by atoms with Gasteiger partial charge in [0.1, 0.15) is 11.4 Å². The smallest absolute Gasteiger partial charge is 0.179 e. The number of hydrogen-bond acceptors (Lipinski definition) is 2. The molecule has 0 radical (unpaired) electrons. The van der Waals surface area contributed by atoms with Gasteiger partial charge in [-0.3, -0.25) is 0 Å². The molecule has 0 amide bonds. The van der Waals surface area contributed by atoms with Gasteiger partial charge in [-0.15, -0.1) is 0 Å². The van der Waals surface area contributed by atoms with Gasteiger partial charge in [0.2, 0.25) is 0 Å². The summed E-state index contributed by atoms with van der Waals surface area (Å²) in [6, 6.07) is 5.42. The summed E-state index contributed by atoms with van der Waals surface area (Å²) in [6.45, 7) is 0. The number of nitrogens with two attached hydrogens (primary N) is 2. The van der Waals surface area contributed by atoms with Crippen molar-refractivity contribution >= 4 is 0 Å². The Kier molecular flexibility index (Phi) is 2.71. The van der Waals surface area contributed by atoms with Gasteiger partial charge in [-0.05, 0) is 12.1 Å². The lowest BCUT2D eigenvalue weighted by atomic mass is 9.82. The van der Waals surface area contributed by atoms with Gasteiger partial charge in [0.15, 0.2) is 12.0 Å². The average molecular weight is 240 g/mol. The van der Waals surface area contributed by atoms with Crippen LogP contribution < -0.4 is 11.5 Å². The summed E-state index contributed by atoms with van der Waals surface area (Å²) in [7, 11) is 0. The summed E-state index contributed by atoms with van der Waals surface area (Å²) >= 11 is 0. The molecular weight excluding hydrogens is 229 g/mol. The maximum atomic E-state index is 13.9. The normalized spacial score (nSPS) is 28.6. The van der Waals surface area contributed by atoms with Crippen LogP contribution in [0.2, 0.25) is 0 Å². The third kappa shape index (κ3) is 1.72. The lowest BCUT2D eigenvalue weighted by Gasteiger charge is -2.32. The molecule has 4 N–H and O–H groups in total. The molecule has 0 bridgehead atoms. The Hall–Kier alpha value is -1.75. The molecule has 90 valence electrons. The van der Waals surface area contributed by atoms with Crippen LogP contribution in [0.3, 0.4) is 0 Å². The summed E-state index contributed by atoms with van der Waals surface area (Å²) in [6.07, 6.45) is 0.135. The first kappa shape index (κ1) is 11.7. The zero-order valence-electron chi connectivity index (χ0n) is 8.83. The molecule has 0 saturated carbocycles. The van der Waals surface area contributed by atoms with E-state index in [4.69, 9.17) is 11.5 Å². The molecule has 0 aliphatic heterocycles. The Morgan fingerprint density at radius 3 is 2.47 bits per heavy atom. The van der Waals surface area contributed by atoms with Crippen molar-refractivity contribution in [2.75, 3.05) is 0 Å². The minimum absolute atomic E-state index is 0.105. The van der Waals surface area contributed by atoms with Crippen LogP contribution >= 0.6 is 0 Å². The highest BCUT2D eigenvalue weighted by atomic mass is 19.2. The fraction of sp³-hybridized carbons (Fsp3) is 0.167. The van der Waals surface area contributed by atoms with Crippen molar-refractivity contribution in [1.82, 2.24) is 0 Å². The molecule has 5 heteroatoms. The van der Waals surface area contributed by atoms with E-state index in [1.54, 1.807) is 0 Å². The van der Waals surface area contributed by atoms with Crippen molar-refractivity contribution in [3.63, 3.8) is 0 Å². The molecule has 17 heavy (non-hydrogen) atoms. The zero-order chi connectivity index (χ0) is 12.6. The highest BCUT2D eigenvalue weighted by Crippen LogP contribution is 2.36. The van der Waals surface area contributed by atoms with E-state index < -0.39 is 23.4 Å². The predicted octanol–water partition coefficient (Wildman–Crippen LogP) is 2.03. The Labute approximate surface area is 96.4 Å². The van der Waals surface area contributed by atoms with Gasteiger partial charge in [-0.25, -0.2) is 13.2 Å². The van der Waals surface area contributed by atoms with Crippen molar-refractivity contribution in [3.05, 3.63) is 59.3 Å². The standard InChI is InChI=1S/C12H11F3N2/c13-8-4-2-1-3-7(8)12(17)6-5-9(16)10(14)11(12)15/h1-6,11H,16-17H2. The largest absolute Gasteiger partial charge is 0.397 e. The van der Waals surface area contributed by atoms with E-state index in [-0.39, 0.29) is 11.3 Å². The lowest BCUT2D eigenvalue weighted by Crippen LogP contribution is -2.47. The maximum Gasteiger partial charge on any atom is 0.179 e. The lowest BCUT2D eigenvalue weighted by molar-refractivity contribution is 0.222. The van der Waals surface area contributed by atoms with Gasteiger partial charge in [-0.1, -0.05) is 24.3 Å². The summed E-state index contributed by atoms with van der Waals surface area (Å²) in [5.41, 5.74) is 8.69. The van der Waals surface area contributed by atoms with E-state index in [0.717, 1.165) is 12.1 Å². The molecule has 0 heterocycles. The molecule has 1 aromatic carbocycles. The fourth-order valence-corrected chi connectivity index (χ4v) is 1.79. The molecular formula is C12H11F3N2. The van der Waals surface area contributed by atoms with Crippen LogP contribution in [-0.4, -0.2) is 6.17 Å². The van der Waals surface area contributed by atoms with E-state index in [2.05, 4.69) is 0 Å². The second-order valence-electron chi connectivity index (χ2n) is 3.91. The summed E-state index contributed by atoms with van der Waals surface area (Å²) in [4.78, 5) is 0. The van der Waals surface area contributed by atoms with Crippen LogP contribution in [0.1, 0.15) is 5.56 Å². The molecule has 0 fully saturated rings. The highest BCUT2D eigenvalue weighted by Gasteiger charge is 2.42. The van der Waals surface area contributed by atoms with E-state index in [1.807, 2.05) is 0 Å². The van der Waals surface area contributed by atoms with Crippen molar-refractivity contribution in [1.29, 1.82) is 0 Å². The van der Waals surface area contributed by atoms with E-state index >= 15 is 0 Å². The zero-order valence-corrected chi connectivity index (χ0v) is 8.83. The third-order valence-electron chi connectivity index (χ3n) is 2.80. The third-order valence-corrected chi connectivity index (χ3v) is 2.80. The SMILES string of the molecule is NC1=C(F)C(F)C(N)(c2ccccc2F)C=C1. The van der Waals surface area contributed by atoms with Gasteiger partial charge in [-0.2, -0.15) is 0 Å². The second-order valence-corrected chi connectivity index (χ2v) is 3.91. The number of allylic oxidation sites excluding steroid dienone is 1. The monoisotopic (exact) mass is 240 g/mol. The van der Waals surface area contributed by atoms with Gasteiger partial charge in [0.25, 0.3) is 0 Å². The minimum Gasteiger partial charge on any atom is -0.397 e. The molecule has 0 spiro atoms. The first-order chi connectivity index (χ1) is 7.97. The minimum atomic E-state index is -2.19. The summed E-state index contributed by atoms with van der Waals surface area (Å²) < 4.78 is 40.9. The second kappa shape index (κ2) is 3.92. The Morgan fingerprint density at radius 2 is 1.82 bits per heavy atom. The Morgan fingerprint density at radius 1 is 1.18 bits per heavy atom. The molecule has 2 atom stereocenters. The molecule has 1 aliphatic carbocycles. The quantitative estimate of drug-likeness (QED) is 0.789. The maximum absolute atomic E-state index is 13.9. The number of rotatable bonds is 1. The number of hydrogen-bond donors (Lipinski definition) is 2. The average Bonchev–Trinajstić information content (AvgIpc) is 2.32. The Bertz CT molecular complexity index is 510. The van der Waals surface area contributed by atoms with E-state index in [0.29, 0.717) is 0 Å². The predicted molar refractivity (Wildman–Crippen MR) is 58.6 cm³/mol. The first-order valence-electron chi connectivity index (χ1n) is 4.99. The van der Waals surface area contributed by atoms with E-state index in [9.17, 15) is 13.2 Å². The van der Waals surface area contributed by atoms with E-state index in [1.165, 1.54) is 24.3 Å². The molecule has 0 saturated heterocycles. The molecule has 2 rings (SSSR count). The van der Waals surface area contributed by atoms with Crippen LogP contribution in [0.5, 0.6) is 0 Å². The number of alkyl halides is 1. The molecule has 2 nitrogen and oxygen atoms in total. The van der Waals surface area contributed by atoms with Crippen molar-refractivity contribution in [2.24, 2.45) is 11.5 Å². The number of benzene rings is 1. The van der Waals surface area contributed by atoms with Crippen molar-refractivity contribution in [3.8, 4) is 0 Å².